The molecule has 0 aliphatic heterocycles. The van der Waals surface area contributed by atoms with Crippen LogP contribution in [0.2, 0.25) is 0 Å². The van der Waals surface area contributed by atoms with Crippen LogP contribution in [-0.4, -0.2) is 26.1 Å². The molecule has 0 spiro atoms. The molecule has 0 aliphatic rings. The number of aryl methyl sites for hydroxylation is 1. The molecule has 2 aromatic heterocycles. The molecule has 0 radical (unpaired) electrons. The molecule has 0 aliphatic carbocycles. The molecule has 3 aromatic carbocycles. The van der Waals surface area contributed by atoms with Gasteiger partial charge in [0.25, 0.3) is 5.56 Å². The number of aromatic nitrogens is 3. The van der Waals surface area contributed by atoms with Gasteiger partial charge in [-0.3, -0.25) is 14.2 Å². The molecule has 0 bridgehead atoms. The maximum Gasteiger partial charge on any atom is 0.278 e. The second-order valence-electron chi connectivity index (χ2n) is 9.10. The van der Waals surface area contributed by atoms with E-state index in [1.807, 2.05) is 55.5 Å². The van der Waals surface area contributed by atoms with Crippen molar-refractivity contribution in [3.8, 4) is 0 Å². The average Bonchev–Trinajstić information content (AvgIpc) is 3.18. The lowest BCUT2D eigenvalue weighted by Crippen LogP contribution is -2.36. The number of hydrogen-bond donors (Lipinski definition) is 1. The zero-order chi connectivity index (χ0) is 25.1. The molecule has 182 valence electrons. The third kappa shape index (κ3) is 4.91. The summed E-state index contributed by atoms with van der Waals surface area (Å²) in [6.07, 6.45) is 3.13. The number of amides is 1. The molecule has 7 heteroatoms. The summed E-state index contributed by atoms with van der Waals surface area (Å²) in [7, 11) is 0. The highest BCUT2D eigenvalue weighted by atomic mass is 19.1. The fraction of sp³-hybridized carbons (Fsp3) is 0.207. The fourth-order valence-electron chi connectivity index (χ4n) is 4.59. The van der Waals surface area contributed by atoms with E-state index in [1.54, 1.807) is 10.6 Å². The van der Waals surface area contributed by atoms with Crippen LogP contribution in [0.25, 0.3) is 21.9 Å². The van der Waals surface area contributed by atoms with Gasteiger partial charge in [0.15, 0.2) is 0 Å². The van der Waals surface area contributed by atoms with Crippen LogP contribution in [0.1, 0.15) is 24.5 Å². The Kier molecular flexibility index (Phi) is 6.62. The van der Waals surface area contributed by atoms with Gasteiger partial charge in [0, 0.05) is 11.4 Å². The first-order chi connectivity index (χ1) is 17.5. The Bertz CT molecular complexity index is 1580. The molecule has 6 nitrogen and oxygen atoms in total. The van der Waals surface area contributed by atoms with Gasteiger partial charge in [-0.2, -0.15) is 0 Å². The molecule has 0 saturated carbocycles. The van der Waals surface area contributed by atoms with Gasteiger partial charge in [-0.1, -0.05) is 60.7 Å². The van der Waals surface area contributed by atoms with Crippen molar-refractivity contribution < 1.29 is 9.18 Å². The Balaban J connectivity index is 1.44. The van der Waals surface area contributed by atoms with Gasteiger partial charge < -0.3 is 9.88 Å². The smallest absolute Gasteiger partial charge is 0.278 e. The number of nitrogens with one attached hydrogen (secondary N) is 1. The predicted octanol–water partition coefficient (Wildman–Crippen LogP) is 4.68. The molecule has 36 heavy (non-hydrogen) atoms. The molecular formula is C29H27FN4O2. The van der Waals surface area contributed by atoms with Crippen LogP contribution in [0.4, 0.5) is 4.39 Å². The largest absolute Gasteiger partial charge is 0.352 e. The molecule has 1 N–H and O–H groups in total. The maximum absolute atomic E-state index is 14.1. The molecular weight excluding hydrogens is 455 g/mol. The van der Waals surface area contributed by atoms with Crippen molar-refractivity contribution in [2.75, 3.05) is 0 Å². The molecule has 1 amide bonds. The minimum absolute atomic E-state index is 0.0453. The van der Waals surface area contributed by atoms with Gasteiger partial charge in [-0.05, 0) is 49.1 Å². The Labute approximate surface area is 208 Å². The summed E-state index contributed by atoms with van der Waals surface area (Å²) in [6.45, 7) is 2.26. The Hall–Kier alpha value is -4.26. The SMILES string of the molecule is C[C@@H](CCc1ccccc1)NC(=O)Cn1c2ccc(F)cc2c2ncn(Cc3ccccc3)c(=O)c21. The quantitative estimate of drug-likeness (QED) is 0.349. The van der Waals surface area contributed by atoms with E-state index in [9.17, 15) is 14.0 Å². The number of rotatable bonds is 8. The molecule has 1 atom stereocenters. The van der Waals surface area contributed by atoms with Gasteiger partial charge in [-0.15, -0.1) is 0 Å². The van der Waals surface area contributed by atoms with Gasteiger partial charge in [0.1, 0.15) is 23.4 Å². The van der Waals surface area contributed by atoms with Crippen LogP contribution < -0.4 is 10.9 Å². The summed E-state index contributed by atoms with van der Waals surface area (Å²) in [6, 6.07) is 24.0. The van der Waals surface area contributed by atoms with Crippen LogP contribution in [0.15, 0.2) is 90.0 Å². The minimum atomic E-state index is -0.421. The highest BCUT2D eigenvalue weighted by Crippen LogP contribution is 2.26. The monoisotopic (exact) mass is 482 g/mol. The lowest BCUT2D eigenvalue weighted by atomic mass is 10.1. The topological polar surface area (TPSA) is 68.9 Å². The first-order valence-corrected chi connectivity index (χ1v) is 12.0. The lowest BCUT2D eigenvalue weighted by Gasteiger charge is -2.15. The Morgan fingerprint density at radius 2 is 1.69 bits per heavy atom. The van der Waals surface area contributed by atoms with E-state index in [4.69, 9.17) is 0 Å². The summed E-state index contributed by atoms with van der Waals surface area (Å²) in [5, 5.41) is 3.55. The van der Waals surface area contributed by atoms with Crippen LogP contribution in [0.5, 0.6) is 0 Å². The number of benzene rings is 3. The zero-order valence-corrected chi connectivity index (χ0v) is 20.0. The number of hydrogen-bond acceptors (Lipinski definition) is 3. The number of fused-ring (bicyclic) bond motifs is 3. The zero-order valence-electron chi connectivity index (χ0n) is 20.0. The standard InChI is InChI=1S/C29H27FN4O2/c1-20(12-13-21-8-4-2-5-9-21)32-26(35)18-34-25-15-14-23(30)16-24(25)27-28(34)29(36)33(19-31-27)17-22-10-6-3-7-11-22/h2-11,14-16,19-20H,12-13,17-18H2,1H3,(H,32,35)/t20-/m0/s1. The van der Waals surface area contributed by atoms with E-state index in [2.05, 4.69) is 22.4 Å². The molecule has 0 unspecified atom stereocenters. The van der Waals surface area contributed by atoms with Crippen molar-refractivity contribution in [2.45, 2.75) is 38.9 Å². The summed E-state index contributed by atoms with van der Waals surface area (Å²) < 4.78 is 17.3. The number of carbonyl (C=O) groups excluding carboxylic acids is 1. The van der Waals surface area contributed by atoms with E-state index in [1.165, 1.54) is 28.6 Å². The van der Waals surface area contributed by atoms with Crippen molar-refractivity contribution in [3.05, 3.63) is 112 Å². The van der Waals surface area contributed by atoms with Crippen LogP contribution in [-0.2, 0) is 24.3 Å². The molecule has 5 aromatic rings. The minimum Gasteiger partial charge on any atom is -0.352 e. The second-order valence-corrected chi connectivity index (χ2v) is 9.10. The number of nitrogens with zero attached hydrogens (tertiary/aromatic N) is 3. The van der Waals surface area contributed by atoms with Gasteiger partial charge >= 0.3 is 0 Å². The van der Waals surface area contributed by atoms with Crippen molar-refractivity contribution in [2.24, 2.45) is 0 Å². The molecule has 2 heterocycles. The fourth-order valence-corrected chi connectivity index (χ4v) is 4.59. The maximum atomic E-state index is 14.1. The molecule has 0 fully saturated rings. The van der Waals surface area contributed by atoms with E-state index < -0.39 is 5.82 Å². The third-order valence-electron chi connectivity index (χ3n) is 6.40. The van der Waals surface area contributed by atoms with Gasteiger partial charge in [0.05, 0.1) is 18.4 Å². The molecule has 0 saturated heterocycles. The predicted molar refractivity (Wildman–Crippen MR) is 139 cm³/mol. The number of halogens is 1. The van der Waals surface area contributed by atoms with Crippen LogP contribution in [0, 0.1) is 5.82 Å². The van der Waals surface area contributed by atoms with Crippen LogP contribution in [0.3, 0.4) is 0 Å². The van der Waals surface area contributed by atoms with Gasteiger partial charge in [-0.25, -0.2) is 9.37 Å². The van der Waals surface area contributed by atoms with Crippen LogP contribution >= 0.6 is 0 Å². The highest BCUT2D eigenvalue weighted by Gasteiger charge is 2.19. The van der Waals surface area contributed by atoms with E-state index >= 15 is 0 Å². The lowest BCUT2D eigenvalue weighted by molar-refractivity contribution is -0.122. The molecule has 5 rings (SSSR count). The summed E-state index contributed by atoms with van der Waals surface area (Å²) in [4.78, 5) is 31.1. The normalized spacial score (nSPS) is 12.2. The van der Waals surface area contributed by atoms with Gasteiger partial charge in [0.2, 0.25) is 5.91 Å². The van der Waals surface area contributed by atoms with E-state index in [0.717, 1.165) is 18.4 Å². The average molecular weight is 483 g/mol. The summed E-state index contributed by atoms with van der Waals surface area (Å²) >= 11 is 0. The van der Waals surface area contributed by atoms with E-state index in [-0.39, 0.29) is 24.1 Å². The van der Waals surface area contributed by atoms with E-state index in [0.29, 0.717) is 28.5 Å². The summed E-state index contributed by atoms with van der Waals surface area (Å²) in [5.41, 5.74) is 3.18. The first kappa shape index (κ1) is 23.5. The third-order valence-corrected chi connectivity index (χ3v) is 6.40. The van der Waals surface area contributed by atoms with Crippen molar-refractivity contribution >= 4 is 27.8 Å². The highest BCUT2D eigenvalue weighted by molar-refractivity contribution is 6.06. The Morgan fingerprint density at radius 1 is 1.00 bits per heavy atom. The number of carbonyl (C=O) groups is 1. The van der Waals surface area contributed by atoms with Crippen molar-refractivity contribution in [1.29, 1.82) is 0 Å². The summed E-state index contributed by atoms with van der Waals surface area (Å²) in [5.74, 6) is -0.632. The van der Waals surface area contributed by atoms with Crippen molar-refractivity contribution in [1.82, 2.24) is 19.4 Å². The van der Waals surface area contributed by atoms with Crippen molar-refractivity contribution in [3.63, 3.8) is 0 Å². The second kappa shape index (κ2) is 10.2. The Morgan fingerprint density at radius 3 is 2.42 bits per heavy atom. The first-order valence-electron chi connectivity index (χ1n) is 12.0.